The highest BCUT2D eigenvalue weighted by Crippen LogP contribution is 2.41. The van der Waals surface area contributed by atoms with Gasteiger partial charge in [-0.2, -0.15) is 0 Å². The third-order valence-corrected chi connectivity index (χ3v) is 5.10. The normalized spacial score (nSPS) is 14.4. The van der Waals surface area contributed by atoms with Crippen molar-refractivity contribution >= 4 is 27.3 Å². The quantitative estimate of drug-likeness (QED) is 0.793. The Kier molecular flexibility index (Phi) is 3.26. The number of aromatic nitrogens is 1. The Hall–Kier alpha value is -0.710. The van der Waals surface area contributed by atoms with E-state index in [4.69, 9.17) is 4.98 Å². The van der Waals surface area contributed by atoms with Crippen LogP contribution in [0.2, 0.25) is 0 Å². The van der Waals surface area contributed by atoms with Gasteiger partial charge in [-0.25, -0.2) is 4.98 Å². The van der Waals surface area contributed by atoms with Crippen LogP contribution < -0.4 is 5.32 Å². The molecule has 1 aliphatic carbocycles. The Morgan fingerprint density at radius 2 is 2.33 bits per heavy atom. The van der Waals surface area contributed by atoms with Crippen LogP contribution in [0.3, 0.4) is 0 Å². The Morgan fingerprint density at radius 3 is 3.11 bits per heavy atom. The summed E-state index contributed by atoms with van der Waals surface area (Å²) in [6.07, 6.45) is 1.04. The van der Waals surface area contributed by atoms with E-state index in [-0.39, 0.29) is 0 Å². The molecule has 1 aromatic carbocycles. The van der Waals surface area contributed by atoms with Gasteiger partial charge in [0, 0.05) is 33.8 Å². The first-order valence-electron chi connectivity index (χ1n) is 6.12. The molecule has 1 aliphatic rings. The average Bonchev–Trinajstić information content (AvgIpc) is 2.85. The lowest BCUT2D eigenvalue weighted by Crippen LogP contribution is -2.14. The molecule has 0 fully saturated rings. The highest BCUT2D eigenvalue weighted by molar-refractivity contribution is 9.10. The molecule has 0 saturated heterocycles. The fourth-order valence-corrected chi connectivity index (χ4v) is 3.98. The van der Waals surface area contributed by atoms with Crippen molar-refractivity contribution in [1.29, 1.82) is 0 Å². The second kappa shape index (κ2) is 4.76. The van der Waals surface area contributed by atoms with Gasteiger partial charge in [0.1, 0.15) is 0 Å². The number of likely N-dealkylation sites (N-methyl/N-ethyl adjacent to an activating group) is 1. The van der Waals surface area contributed by atoms with E-state index >= 15 is 0 Å². The highest BCUT2D eigenvalue weighted by Gasteiger charge is 2.24. The maximum absolute atomic E-state index is 4.84. The molecule has 2 aromatic rings. The third kappa shape index (κ3) is 2.02. The molecule has 1 N–H and O–H groups in total. The van der Waals surface area contributed by atoms with Crippen LogP contribution in [0.1, 0.15) is 28.3 Å². The predicted octanol–water partition coefficient (Wildman–Crippen LogP) is 3.80. The van der Waals surface area contributed by atoms with Gasteiger partial charge in [-0.05, 0) is 24.7 Å². The average molecular weight is 323 g/mol. The third-order valence-electron chi connectivity index (χ3n) is 3.32. The van der Waals surface area contributed by atoms with Gasteiger partial charge in [-0.3, -0.25) is 0 Å². The molecular formula is C14H15BrN2S. The molecule has 0 spiro atoms. The van der Waals surface area contributed by atoms with E-state index in [0.717, 1.165) is 17.4 Å². The molecule has 1 unspecified atom stereocenters. The first-order chi connectivity index (χ1) is 8.69. The van der Waals surface area contributed by atoms with Gasteiger partial charge in [0.15, 0.2) is 0 Å². The predicted molar refractivity (Wildman–Crippen MR) is 80.4 cm³/mol. The van der Waals surface area contributed by atoms with E-state index in [9.17, 15) is 0 Å². The van der Waals surface area contributed by atoms with Crippen molar-refractivity contribution in [2.45, 2.75) is 19.3 Å². The van der Waals surface area contributed by atoms with Gasteiger partial charge in [-0.15, -0.1) is 11.3 Å². The van der Waals surface area contributed by atoms with Crippen molar-refractivity contribution < 1.29 is 0 Å². The Morgan fingerprint density at radius 1 is 1.50 bits per heavy atom. The van der Waals surface area contributed by atoms with E-state index in [2.05, 4.69) is 46.4 Å². The molecule has 18 heavy (non-hydrogen) atoms. The zero-order valence-electron chi connectivity index (χ0n) is 10.5. The van der Waals surface area contributed by atoms with Crippen LogP contribution in [-0.4, -0.2) is 18.6 Å². The van der Waals surface area contributed by atoms with Gasteiger partial charge >= 0.3 is 0 Å². The second-order valence-electron chi connectivity index (χ2n) is 4.76. The van der Waals surface area contributed by atoms with Crippen molar-refractivity contribution in [2.24, 2.45) is 0 Å². The Balaban J connectivity index is 1.98. The summed E-state index contributed by atoms with van der Waals surface area (Å²) in [7, 11) is 1.99. The van der Waals surface area contributed by atoms with E-state index in [0.29, 0.717) is 5.92 Å². The maximum atomic E-state index is 4.84. The molecule has 2 nitrogen and oxygen atoms in total. The Labute approximate surface area is 120 Å². The summed E-state index contributed by atoms with van der Waals surface area (Å²) in [6.45, 7) is 3.21. The van der Waals surface area contributed by atoms with E-state index in [1.807, 2.05) is 18.4 Å². The monoisotopic (exact) mass is 322 g/mol. The van der Waals surface area contributed by atoms with Crippen LogP contribution in [-0.2, 0) is 6.42 Å². The first kappa shape index (κ1) is 12.3. The minimum atomic E-state index is 0.490. The van der Waals surface area contributed by atoms with E-state index < -0.39 is 0 Å². The smallest absolute Gasteiger partial charge is 0.0976 e. The summed E-state index contributed by atoms with van der Waals surface area (Å²) < 4.78 is 1.15. The van der Waals surface area contributed by atoms with Gasteiger partial charge < -0.3 is 5.32 Å². The van der Waals surface area contributed by atoms with Gasteiger partial charge in [-0.1, -0.05) is 28.9 Å². The van der Waals surface area contributed by atoms with Crippen molar-refractivity contribution in [3.05, 3.63) is 38.1 Å². The van der Waals surface area contributed by atoms with Crippen LogP contribution in [0.4, 0.5) is 0 Å². The number of fused-ring (bicyclic) bond motifs is 3. The molecule has 0 amide bonds. The van der Waals surface area contributed by atoms with Crippen molar-refractivity contribution in [1.82, 2.24) is 10.3 Å². The van der Waals surface area contributed by atoms with Crippen molar-refractivity contribution in [3.8, 4) is 11.3 Å². The lowest BCUT2D eigenvalue weighted by molar-refractivity contribution is 0.674. The molecule has 0 bridgehead atoms. The van der Waals surface area contributed by atoms with Crippen LogP contribution in [0.25, 0.3) is 11.3 Å². The minimum Gasteiger partial charge on any atom is -0.319 e. The Bertz CT molecular complexity index is 591. The summed E-state index contributed by atoms with van der Waals surface area (Å²) >= 11 is 5.40. The first-order valence-corrected chi connectivity index (χ1v) is 7.73. The lowest BCUT2D eigenvalue weighted by atomic mass is 10.1. The molecule has 1 aromatic heterocycles. The van der Waals surface area contributed by atoms with Gasteiger partial charge in [0.05, 0.1) is 10.7 Å². The van der Waals surface area contributed by atoms with Gasteiger partial charge in [0.2, 0.25) is 0 Å². The lowest BCUT2D eigenvalue weighted by Gasteiger charge is -2.06. The number of thiazole rings is 1. The number of benzene rings is 1. The standard InChI is InChI=1S/C14H15BrN2S/c1-8(7-16-2)14-17-13-11-4-3-10(15)5-9(11)6-12(13)18-14/h3-5,8,16H,6-7H2,1-2H3. The van der Waals surface area contributed by atoms with Crippen molar-refractivity contribution in [2.75, 3.05) is 13.6 Å². The fraction of sp³-hybridized carbons (Fsp3) is 0.357. The minimum absolute atomic E-state index is 0.490. The fourth-order valence-electron chi connectivity index (χ4n) is 2.42. The number of rotatable bonds is 3. The number of nitrogens with zero attached hydrogens (tertiary/aromatic N) is 1. The summed E-state index contributed by atoms with van der Waals surface area (Å²) in [5.74, 6) is 0.490. The molecule has 1 heterocycles. The summed E-state index contributed by atoms with van der Waals surface area (Å²) in [5.41, 5.74) is 3.92. The van der Waals surface area contributed by atoms with E-state index in [1.165, 1.54) is 26.7 Å². The zero-order chi connectivity index (χ0) is 12.7. The van der Waals surface area contributed by atoms with Crippen LogP contribution in [0, 0.1) is 0 Å². The number of hydrogen-bond acceptors (Lipinski definition) is 3. The van der Waals surface area contributed by atoms with E-state index in [1.54, 1.807) is 0 Å². The largest absolute Gasteiger partial charge is 0.319 e. The number of halogens is 1. The molecule has 3 rings (SSSR count). The van der Waals surface area contributed by atoms with Crippen LogP contribution >= 0.6 is 27.3 Å². The van der Waals surface area contributed by atoms with Crippen LogP contribution in [0.5, 0.6) is 0 Å². The highest BCUT2D eigenvalue weighted by atomic mass is 79.9. The summed E-state index contributed by atoms with van der Waals surface area (Å²) in [4.78, 5) is 6.26. The van der Waals surface area contributed by atoms with Gasteiger partial charge in [0.25, 0.3) is 0 Å². The molecule has 1 atom stereocenters. The molecular weight excluding hydrogens is 308 g/mol. The molecule has 94 valence electrons. The van der Waals surface area contributed by atoms with Crippen molar-refractivity contribution in [3.63, 3.8) is 0 Å². The molecule has 4 heteroatoms. The molecule has 0 aliphatic heterocycles. The second-order valence-corrected chi connectivity index (χ2v) is 6.79. The zero-order valence-corrected chi connectivity index (χ0v) is 12.9. The van der Waals surface area contributed by atoms with Crippen LogP contribution in [0.15, 0.2) is 22.7 Å². The summed E-state index contributed by atoms with van der Waals surface area (Å²) in [5, 5.41) is 4.47. The molecule has 0 radical (unpaired) electrons. The topological polar surface area (TPSA) is 24.9 Å². The molecule has 0 saturated carbocycles. The summed E-state index contributed by atoms with van der Waals surface area (Å²) in [6, 6.07) is 6.49. The SMILES string of the molecule is CNCC(C)c1nc2c(s1)Cc1cc(Br)ccc1-2. The number of hydrogen-bond donors (Lipinski definition) is 1. The number of nitrogens with one attached hydrogen (secondary N) is 1. The maximum Gasteiger partial charge on any atom is 0.0976 e.